The molecule has 0 saturated heterocycles. The largest absolute Gasteiger partial charge is 0.497 e. The highest BCUT2D eigenvalue weighted by atomic mass is 16.5. The van der Waals surface area contributed by atoms with Crippen molar-refractivity contribution < 1.29 is 23.8 Å². The topological polar surface area (TPSA) is 61.8 Å². The highest BCUT2D eigenvalue weighted by Gasteiger charge is 2.20. The summed E-state index contributed by atoms with van der Waals surface area (Å²) >= 11 is 0. The summed E-state index contributed by atoms with van der Waals surface area (Å²) in [6.07, 6.45) is 3.59. The van der Waals surface area contributed by atoms with Crippen molar-refractivity contribution in [1.82, 2.24) is 0 Å². The lowest BCUT2D eigenvalue weighted by atomic mass is 10.0. The van der Waals surface area contributed by atoms with Crippen molar-refractivity contribution in [2.75, 3.05) is 14.2 Å². The van der Waals surface area contributed by atoms with Gasteiger partial charge in [-0.2, -0.15) is 0 Å². The van der Waals surface area contributed by atoms with Crippen LogP contribution in [-0.2, 0) is 9.53 Å². The number of rotatable bonds is 5. The molecule has 0 aromatic heterocycles. The van der Waals surface area contributed by atoms with Gasteiger partial charge in [0.2, 0.25) is 0 Å². The predicted octanol–water partition coefficient (Wildman–Crippen LogP) is 3.58. The fraction of sp³-hybridized carbons (Fsp3) is 0.158. The molecule has 0 fully saturated rings. The van der Waals surface area contributed by atoms with Crippen molar-refractivity contribution in [3.05, 3.63) is 59.2 Å². The lowest BCUT2D eigenvalue weighted by molar-refractivity contribution is -0.131. The Morgan fingerprint density at radius 2 is 1.71 bits per heavy atom. The number of methoxy groups -OCH3 is 2. The van der Waals surface area contributed by atoms with Crippen molar-refractivity contribution in [3.8, 4) is 11.5 Å². The van der Waals surface area contributed by atoms with Gasteiger partial charge in [-0.25, -0.2) is 4.79 Å². The van der Waals surface area contributed by atoms with Gasteiger partial charge < -0.3 is 14.2 Å². The summed E-state index contributed by atoms with van der Waals surface area (Å²) in [7, 11) is 2.77. The molecule has 0 atom stereocenters. The van der Waals surface area contributed by atoms with Gasteiger partial charge in [-0.3, -0.25) is 4.79 Å². The second-order valence-electron chi connectivity index (χ2n) is 4.92. The highest BCUT2D eigenvalue weighted by Crippen LogP contribution is 2.31. The zero-order valence-electron chi connectivity index (χ0n) is 13.7. The van der Waals surface area contributed by atoms with Crippen LogP contribution in [0.4, 0.5) is 0 Å². The van der Waals surface area contributed by atoms with Crippen molar-refractivity contribution >= 4 is 24.1 Å². The van der Waals surface area contributed by atoms with E-state index in [-0.39, 0.29) is 11.3 Å². The minimum Gasteiger partial charge on any atom is -0.497 e. The van der Waals surface area contributed by atoms with Crippen LogP contribution < -0.4 is 9.47 Å². The molecule has 0 aliphatic rings. The average Bonchev–Trinajstić information content (AvgIpc) is 2.59. The Labute approximate surface area is 140 Å². The standard InChI is InChI=1S/C19H18O5/c1-13(20)24-17-12-16(22-2)11-15(18(17)19(21)23-3)10-9-14-7-5-4-6-8-14/h4-12H,1-3H3/b10-9+. The van der Waals surface area contributed by atoms with Crippen LogP contribution in [0.1, 0.15) is 28.4 Å². The van der Waals surface area contributed by atoms with Crippen LogP contribution in [0.15, 0.2) is 42.5 Å². The minimum atomic E-state index is -0.596. The molecule has 0 bridgehead atoms. The lowest BCUT2D eigenvalue weighted by Crippen LogP contribution is -2.11. The van der Waals surface area contributed by atoms with Crippen molar-refractivity contribution in [2.24, 2.45) is 0 Å². The Balaban J connectivity index is 2.56. The van der Waals surface area contributed by atoms with Crippen LogP contribution in [0.3, 0.4) is 0 Å². The Morgan fingerprint density at radius 1 is 1.00 bits per heavy atom. The maximum Gasteiger partial charge on any atom is 0.342 e. The summed E-state index contributed by atoms with van der Waals surface area (Å²) in [5.41, 5.74) is 1.66. The summed E-state index contributed by atoms with van der Waals surface area (Å²) < 4.78 is 15.2. The minimum absolute atomic E-state index is 0.0985. The van der Waals surface area contributed by atoms with Crippen LogP contribution in [0.5, 0.6) is 11.5 Å². The first-order valence-electron chi connectivity index (χ1n) is 7.27. The van der Waals surface area contributed by atoms with Gasteiger partial charge in [0.1, 0.15) is 17.1 Å². The molecule has 0 aliphatic carbocycles. The maximum atomic E-state index is 12.2. The van der Waals surface area contributed by atoms with Crippen LogP contribution in [0.2, 0.25) is 0 Å². The molecule has 0 saturated carbocycles. The number of esters is 2. The van der Waals surface area contributed by atoms with E-state index in [2.05, 4.69) is 0 Å². The van der Waals surface area contributed by atoms with Gasteiger partial charge in [-0.05, 0) is 17.2 Å². The van der Waals surface area contributed by atoms with Crippen molar-refractivity contribution in [3.63, 3.8) is 0 Å². The SMILES string of the molecule is COC(=O)c1c(/C=C/c2ccccc2)cc(OC)cc1OC(C)=O. The normalized spacial score (nSPS) is 10.5. The molecular formula is C19H18O5. The van der Waals surface area contributed by atoms with Gasteiger partial charge in [-0.1, -0.05) is 42.5 Å². The Morgan fingerprint density at radius 3 is 2.29 bits per heavy atom. The zero-order chi connectivity index (χ0) is 17.5. The third-order valence-electron chi connectivity index (χ3n) is 3.24. The van der Waals surface area contributed by atoms with Crippen LogP contribution in [-0.4, -0.2) is 26.2 Å². The van der Waals surface area contributed by atoms with Gasteiger partial charge in [0, 0.05) is 13.0 Å². The van der Waals surface area contributed by atoms with Gasteiger partial charge in [0.15, 0.2) is 0 Å². The monoisotopic (exact) mass is 326 g/mol. The fourth-order valence-electron chi connectivity index (χ4n) is 2.17. The van der Waals surface area contributed by atoms with E-state index in [9.17, 15) is 9.59 Å². The third-order valence-corrected chi connectivity index (χ3v) is 3.24. The van der Waals surface area contributed by atoms with Crippen molar-refractivity contribution in [2.45, 2.75) is 6.92 Å². The predicted molar refractivity (Wildman–Crippen MR) is 91.0 cm³/mol. The quantitative estimate of drug-likeness (QED) is 0.477. The summed E-state index contributed by atoms with van der Waals surface area (Å²) in [5, 5.41) is 0. The molecule has 2 rings (SSSR count). The van der Waals surface area contributed by atoms with E-state index < -0.39 is 11.9 Å². The van der Waals surface area contributed by atoms with E-state index in [1.165, 1.54) is 27.2 Å². The molecule has 5 heteroatoms. The molecule has 0 aliphatic heterocycles. The number of ether oxygens (including phenoxy) is 3. The molecule has 24 heavy (non-hydrogen) atoms. The Bertz CT molecular complexity index is 763. The van der Waals surface area contributed by atoms with Gasteiger partial charge in [-0.15, -0.1) is 0 Å². The van der Waals surface area contributed by atoms with E-state index in [0.29, 0.717) is 11.3 Å². The first-order valence-corrected chi connectivity index (χ1v) is 7.27. The van der Waals surface area contributed by atoms with Gasteiger partial charge >= 0.3 is 11.9 Å². The molecule has 0 heterocycles. The molecule has 0 radical (unpaired) electrons. The van der Waals surface area contributed by atoms with Crippen LogP contribution in [0, 0.1) is 0 Å². The molecule has 5 nitrogen and oxygen atoms in total. The lowest BCUT2D eigenvalue weighted by Gasteiger charge is -2.12. The van der Waals surface area contributed by atoms with E-state index >= 15 is 0 Å². The molecule has 0 amide bonds. The van der Waals surface area contributed by atoms with Crippen molar-refractivity contribution in [1.29, 1.82) is 0 Å². The summed E-state index contributed by atoms with van der Waals surface area (Å²) in [4.78, 5) is 23.5. The number of carbonyl (C=O) groups excluding carboxylic acids is 2. The number of benzene rings is 2. The van der Waals surface area contributed by atoms with Gasteiger partial charge in [0.25, 0.3) is 0 Å². The van der Waals surface area contributed by atoms with E-state index in [1.807, 2.05) is 36.4 Å². The third kappa shape index (κ3) is 4.23. The molecule has 2 aromatic rings. The highest BCUT2D eigenvalue weighted by molar-refractivity contribution is 5.98. The smallest absolute Gasteiger partial charge is 0.342 e. The number of hydrogen-bond acceptors (Lipinski definition) is 5. The zero-order valence-corrected chi connectivity index (χ0v) is 13.7. The molecule has 0 spiro atoms. The van der Waals surface area contributed by atoms with Gasteiger partial charge in [0.05, 0.1) is 14.2 Å². The molecule has 0 unspecified atom stereocenters. The first kappa shape index (κ1) is 17.3. The first-order chi connectivity index (χ1) is 11.5. The number of carbonyl (C=O) groups is 2. The van der Waals surface area contributed by atoms with Crippen LogP contribution >= 0.6 is 0 Å². The Kier molecular flexibility index (Phi) is 5.73. The average molecular weight is 326 g/mol. The summed E-state index contributed by atoms with van der Waals surface area (Å²) in [6.45, 7) is 1.26. The summed E-state index contributed by atoms with van der Waals surface area (Å²) in [6, 6.07) is 12.8. The fourth-order valence-corrected chi connectivity index (χ4v) is 2.17. The molecule has 124 valence electrons. The maximum absolute atomic E-state index is 12.2. The van der Waals surface area contributed by atoms with E-state index in [4.69, 9.17) is 14.2 Å². The Hall–Kier alpha value is -3.08. The molecule has 0 N–H and O–H groups in total. The number of hydrogen-bond donors (Lipinski definition) is 0. The van der Waals surface area contributed by atoms with E-state index in [1.54, 1.807) is 12.1 Å². The molecular weight excluding hydrogens is 308 g/mol. The summed E-state index contributed by atoms with van der Waals surface area (Å²) in [5.74, 6) is -0.568. The second-order valence-corrected chi connectivity index (χ2v) is 4.92. The second kappa shape index (κ2) is 7.97. The van der Waals surface area contributed by atoms with Crippen LogP contribution in [0.25, 0.3) is 12.2 Å². The van der Waals surface area contributed by atoms with E-state index in [0.717, 1.165) is 5.56 Å². The molecule has 2 aromatic carbocycles.